The largest absolute Gasteiger partial charge is 0.506 e. The van der Waals surface area contributed by atoms with Gasteiger partial charge >= 0.3 is 5.69 Å². The number of hydrogen-bond acceptors (Lipinski definition) is 3. The van der Waals surface area contributed by atoms with Gasteiger partial charge in [0.2, 0.25) is 0 Å². The van der Waals surface area contributed by atoms with Crippen LogP contribution in [0.2, 0.25) is 0 Å². The number of nitrogens with zero attached hydrogens (tertiary/aromatic N) is 1. The highest BCUT2D eigenvalue weighted by Gasteiger charge is 2.23. The lowest BCUT2D eigenvalue weighted by atomic mass is 9.93. The second-order valence-electron chi connectivity index (χ2n) is 4.39. The summed E-state index contributed by atoms with van der Waals surface area (Å²) in [6.07, 6.45) is 2.79. The maximum atomic E-state index is 12.2. The van der Waals surface area contributed by atoms with Crippen molar-refractivity contribution in [1.82, 2.24) is 9.55 Å². The number of nitrogens with one attached hydrogen (secondary N) is 1. The van der Waals surface area contributed by atoms with E-state index in [4.69, 9.17) is 0 Å². The molecule has 1 aliphatic carbocycles. The predicted molar refractivity (Wildman–Crippen MR) is 63.4 cm³/mol. The Balaban J connectivity index is 2.39. The van der Waals surface area contributed by atoms with Crippen molar-refractivity contribution < 1.29 is 5.11 Å². The molecule has 1 aromatic carbocycles. The van der Waals surface area contributed by atoms with Gasteiger partial charge in [-0.15, -0.1) is 0 Å². The Morgan fingerprint density at radius 3 is 2.71 bits per heavy atom. The summed E-state index contributed by atoms with van der Waals surface area (Å²) in [7, 11) is 0. The molecule has 0 radical (unpaired) electrons. The van der Waals surface area contributed by atoms with E-state index >= 15 is 0 Å². The lowest BCUT2D eigenvalue weighted by Crippen LogP contribution is -2.40. The summed E-state index contributed by atoms with van der Waals surface area (Å²) < 4.78 is 1.27. The van der Waals surface area contributed by atoms with Gasteiger partial charge in [-0.05, 0) is 31.4 Å². The Bertz CT molecular complexity index is 695. The molecule has 0 bridgehead atoms. The van der Waals surface area contributed by atoms with Crippen LogP contribution < -0.4 is 11.2 Å². The van der Waals surface area contributed by atoms with Gasteiger partial charge in [0.25, 0.3) is 5.56 Å². The average molecular weight is 232 g/mol. The summed E-state index contributed by atoms with van der Waals surface area (Å²) in [6, 6.07) is 4.68. The molecule has 0 spiro atoms. The van der Waals surface area contributed by atoms with Gasteiger partial charge < -0.3 is 10.1 Å². The topological polar surface area (TPSA) is 75.1 Å². The lowest BCUT2D eigenvalue weighted by Gasteiger charge is -2.26. The number of phenols is 1. The van der Waals surface area contributed by atoms with Crippen molar-refractivity contribution in [2.45, 2.75) is 25.3 Å². The highest BCUT2D eigenvalue weighted by Crippen LogP contribution is 2.29. The third-order valence-electron chi connectivity index (χ3n) is 3.38. The highest BCUT2D eigenvalue weighted by atomic mass is 16.3. The Kier molecular flexibility index (Phi) is 2.07. The fourth-order valence-corrected chi connectivity index (χ4v) is 2.22. The van der Waals surface area contributed by atoms with Crippen LogP contribution in [0.4, 0.5) is 0 Å². The number of benzene rings is 1. The molecule has 1 aliphatic rings. The third kappa shape index (κ3) is 1.39. The first kappa shape index (κ1) is 10.1. The molecule has 1 aromatic heterocycles. The van der Waals surface area contributed by atoms with Crippen molar-refractivity contribution in [2.75, 3.05) is 0 Å². The van der Waals surface area contributed by atoms with E-state index in [2.05, 4.69) is 4.98 Å². The summed E-state index contributed by atoms with van der Waals surface area (Å²) in [5.74, 6) is -0.0718. The molecule has 2 N–H and O–H groups in total. The van der Waals surface area contributed by atoms with E-state index in [1.54, 1.807) is 12.1 Å². The monoisotopic (exact) mass is 232 g/mol. The van der Waals surface area contributed by atoms with Crippen LogP contribution in [0.1, 0.15) is 25.3 Å². The molecule has 88 valence electrons. The van der Waals surface area contributed by atoms with Crippen LogP contribution in [0.3, 0.4) is 0 Å². The molecule has 0 amide bonds. The second kappa shape index (κ2) is 3.48. The summed E-state index contributed by atoms with van der Waals surface area (Å²) in [5.41, 5.74) is -0.531. The van der Waals surface area contributed by atoms with Crippen molar-refractivity contribution >= 4 is 10.9 Å². The number of H-pyrrole nitrogens is 1. The van der Waals surface area contributed by atoms with Crippen molar-refractivity contribution in [3.63, 3.8) is 0 Å². The molecule has 1 heterocycles. The number of fused-ring (bicyclic) bond motifs is 1. The van der Waals surface area contributed by atoms with Gasteiger partial charge in [0, 0.05) is 6.04 Å². The van der Waals surface area contributed by atoms with Crippen molar-refractivity contribution in [3.05, 3.63) is 39.0 Å². The van der Waals surface area contributed by atoms with Crippen molar-refractivity contribution in [2.24, 2.45) is 0 Å². The summed E-state index contributed by atoms with van der Waals surface area (Å²) in [6.45, 7) is 0. The first-order valence-electron chi connectivity index (χ1n) is 5.65. The van der Waals surface area contributed by atoms with Gasteiger partial charge in [-0.3, -0.25) is 9.36 Å². The van der Waals surface area contributed by atoms with Crippen LogP contribution in [0.25, 0.3) is 10.9 Å². The van der Waals surface area contributed by atoms with Gasteiger partial charge in [-0.2, -0.15) is 0 Å². The highest BCUT2D eigenvalue weighted by molar-refractivity contribution is 5.82. The quantitative estimate of drug-likeness (QED) is 0.773. The molecule has 17 heavy (non-hydrogen) atoms. The lowest BCUT2D eigenvalue weighted by molar-refractivity contribution is 0.298. The number of hydrogen-bond donors (Lipinski definition) is 2. The Morgan fingerprint density at radius 2 is 2.06 bits per heavy atom. The summed E-state index contributed by atoms with van der Waals surface area (Å²) in [4.78, 5) is 26.6. The molecule has 5 heteroatoms. The van der Waals surface area contributed by atoms with Crippen LogP contribution in [0, 0.1) is 0 Å². The van der Waals surface area contributed by atoms with Gasteiger partial charge in [0.15, 0.2) is 0 Å². The zero-order chi connectivity index (χ0) is 12.0. The van der Waals surface area contributed by atoms with Crippen LogP contribution in [-0.4, -0.2) is 14.7 Å². The summed E-state index contributed by atoms with van der Waals surface area (Å²) >= 11 is 0. The number of aromatic amines is 1. The first-order chi connectivity index (χ1) is 8.18. The van der Waals surface area contributed by atoms with Gasteiger partial charge in [-0.25, -0.2) is 4.79 Å². The average Bonchev–Trinajstić information content (AvgIpc) is 2.23. The molecule has 0 saturated heterocycles. The van der Waals surface area contributed by atoms with Gasteiger partial charge in [-0.1, -0.05) is 6.07 Å². The van der Waals surface area contributed by atoms with Crippen molar-refractivity contribution in [3.8, 4) is 5.75 Å². The van der Waals surface area contributed by atoms with E-state index in [0.29, 0.717) is 5.39 Å². The first-order valence-corrected chi connectivity index (χ1v) is 5.65. The summed E-state index contributed by atoms with van der Waals surface area (Å²) in [5, 5.41) is 9.96. The normalized spacial score (nSPS) is 16.0. The van der Waals surface area contributed by atoms with E-state index in [-0.39, 0.29) is 22.9 Å². The van der Waals surface area contributed by atoms with E-state index in [0.717, 1.165) is 19.3 Å². The second-order valence-corrected chi connectivity index (χ2v) is 4.39. The van der Waals surface area contributed by atoms with E-state index in [9.17, 15) is 14.7 Å². The standard InChI is InChI=1S/C12H12N2O3/c15-9-6-2-5-8-10(9)13-12(17)14(11(8)16)7-3-1-4-7/h2,5-7,15H,1,3-4H2,(H,13,17). The Hall–Kier alpha value is -2.04. The fraction of sp³-hybridized carbons (Fsp3) is 0.333. The molecule has 0 aliphatic heterocycles. The molecular weight excluding hydrogens is 220 g/mol. The Morgan fingerprint density at radius 1 is 1.29 bits per heavy atom. The smallest absolute Gasteiger partial charge is 0.329 e. The Labute approximate surface area is 96.3 Å². The molecule has 1 saturated carbocycles. The predicted octanol–water partition coefficient (Wildman–Crippen LogP) is 1.12. The molecule has 5 nitrogen and oxygen atoms in total. The molecule has 0 unspecified atom stereocenters. The zero-order valence-electron chi connectivity index (χ0n) is 9.14. The number of rotatable bonds is 1. The molecule has 3 rings (SSSR count). The minimum atomic E-state index is -0.436. The molecule has 1 fully saturated rings. The third-order valence-corrected chi connectivity index (χ3v) is 3.38. The van der Waals surface area contributed by atoms with Crippen molar-refractivity contribution in [1.29, 1.82) is 0 Å². The SMILES string of the molecule is O=c1[nH]c2c(O)cccc2c(=O)n1C1CCC1. The molecule has 2 aromatic rings. The minimum Gasteiger partial charge on any atom is -0.506 e. The number of phenolic OH excluding ortho intramolecular Hbond substituents is 1. The van der Waals surface area contributed by atoms with E-state index < -0.39 is 5.69 Å². The number of aromatic hydroxyl groups is 1. The fourth-order valence-electron chi connectivity index (χ4n) is 2.22. The molecule has 0 atom stereocenters. The van der Waals surface area contributed by atoms with E-state index in [1.807, 2.05) is 0 Å². The van der Waals surface area contributed by atoms with E-state index in [1.165, 1.54) is 10.6 Å². The maximum Gasteiger partial charge on any atom is 0.329 e. The number of aromatic nitrogens is 2. The number of para-hydroxylation sites is 1. The molecular formula is C12H12N2O3. The maximum absolute atomic E-state index is 12.2. The minimum absolute atomic E-state index is 0.0120. The van der Waals surface area contributed by atoms with Crippen LogP contribution in [0.15, 0.2) is 27.8 Å². The zero-order valence-corrected chi connectivity index (χ0v) is 9.14. The van der Waals surface area contributed by atoms with Gasteiger partial charge in [0.1, 0.15) is 5.75 Å². The van der Waals surface area contributed by atoms with Crippen LogP contribution >= 0.6 is 0 Å². The van der Waals surface area contributed by atoms with Gasteiger partial charge in [0.05, 0.1) is 10.9 Å². The van der Waals surface area contributed by atoms with Crippen LogP contribution in [-0.2, 0) is 0 Å². The van der Waals surface area contributed by atoms with Crippen LogP contribution in [0.5, 0.6) is 5.75 Å².